The Kier molecular flexibility index (Phi) is 5.28. The molecule has 0 unspecified atom stereocenters. The van der Waals surface area contributed by atoms with Gasteiger partial charge in [0.05, 0.1) is 5.02 Å². The fourth-order valence-corrected chi connectivity index (χ4v) is 3.19. The van der Waals surface area contributed by atoms with Crippen molar-refractivity contribution in [2.75, 3.05) is 0 Å². The summed E-state index contributed by atoms with van der Waals surface area (Å²) < 4.78 is 39.0. The van der Waals surface area contributed by atoms with Crippen molar-refractivity contribution in [1.29, 1.82) is 0 Å². The minimum absolute atomic E-state index is 0.126. The zero-order valence-electron chi connectivity index (χ0n) is 10.1. The van der Waals surface area contributed by atoms with Gasteiger partial charge < -0.3 is 5.11 Å². The fraction of sp³-hybridized carbons (Fsp3) is 0.364. The van der Waals surface area contributed by atoms with Gasteiger partial charge in [0.2, 0.25) is 10.0 Å². The highest BCUT2D eigenvalue weighted by atomic mass is 35.5. The van der Waals surface area contributed by atoms with E-state index >= 15 is 0 Å². The van der Waals surface area contributed by atoms with Crippen LogP contribution < -0.4 is 4.72 Å². The predicted octanol–water partition coefficient (Wildman–Crippen LogP) is 2.01. The number of sulfonamides is 1. The summed E-state index contributed by atoms with van der Waals surface area (Å²) in [6, 6.07) is 1.59. The first-order valence-corrected chi connectivity index (χ1v) is 7.34. The molecule has 0 amide bonds. The number of aliphatic carboxylic acids is 1. The van der Waals surface area contributed by atoms with E-state index in [0.717, 1.165) is 18.2 Å². The Hall–Kier alpha value is -1.18. The highest BCUT2D eigenvalue weighted by Gasteiger charge is 2.26. The summed E-state index contributed by atoms with van der Waals surface area (Å²) in [5.41, 5.74) is 0. The maximum Gasteiger partial charge on any atom is 0.321 e. The molecule has 1 aromatic rings. The first-order chi connectivity index (χ1) is 8.77. The molecule has 19 heavy (non-hydrogen) atoms. The van der Waals surface area contributed by atoms with E-state index in [-0.39, 0.29) is 11.4 Å². The number of nitrogens with one attached hydrogen (secondary N) is 1. The third-order valence-electron chi connectivity index (χ3n) is 2.36. The first kappa shape index (κ1) is 15.9. The van der Waals surface area contributed by atoms with Crippen molar-refractivity contribution in [2.45, 2.75) is 30.7 Å². The van der Waals surface area contributed by atoms with E-state index in [4.69, 9.17) is 16.7 Å². The third-order valence-corrected chi connectivity index (χ3v) is 4.31. The molecule has 0 aliphatic heterocycles. The SMILES string of the molecule is CCC[C@H](NS(=O)(=O)c1cc(F)ccc1Cl)C(=O)O. The van der Waals surface area contributed by atoms with Gasteiger partial charge >= 0.3 is 5.97 Å². The molecule has 0 aliphatic carbocycles. The van der Waals surface area contributed by atoms with E-state index in [1.165, 1.54) is 0 Å². The largest absolute Gasteiger partial charge is 0.480 e. The van der Waals surface area contributed by atoms with Crippen molar-refractivity contribution in [3.05, 3.63) is 29.0 Å². The van der Waals surface area contributed by atoms with Crippen molar-refractivity contribution in [3.63, 3.8) is 0 Å². The zero-order valence-corrected chi connectivity index (χ0v) is 11.6. The van der Waals surface area contributed by atoms with Crippen LogP contribution in [0.2, 0.25) is 5.02 Å². The second kappa shape index (κ2) is 6.31. The Morgan fingerprint density at radius 3 is 2.68 bits per heavy atom. The van der Waals surface area contributed by atoms with Crippen molar-refractivity contribution < 1.29 is 22.7 Å². The normalized spacial score (nSPS) is 13.2. The molecular weight excluding hydrogens is 297 g/mol. The molecule has 0 fully saturated rings. The molecular formula is C11H13ClFNO4S. The molecule has 0 bridgehead atoms. The number of carboxylic acid groups (broad SMARTS) is 1. The Labute approximate surface area is 115 Å². The summed E-state index contributed by atoms with van der Waals surface area (Å²) in [5.74, 6) is -2.06. The molecule has 0 heterocycles. The molecule has 0 radical (unpaired) electrons. The van der Waals surface area contributed by atoms with E-state index in [1.807, 2.05) is 4.72 Å². The lowest BCUT2D eigenvalue weighted by Crippen LogP contribution is -2.40. The van der Waals surface area contributed by atoms with Crippen molar-refractivity contribution in [2.24, 2.45) is 0 Å². The summed E-state index contributed by atoms with van der Waals surface area (Å²) in [7, 11) is -4.18. The Balaban J connectivity index is 3.10. The number of hydrogen-bond acceptors (Lipinski definition) is 3. The monoisotopic (exact) mass is 309 g/mol. The molecule has 0 saturated heterocycles. The average molecular weight is 310 g/mol. The maximum absolute atomic E-state index is 13.1. The molecule has 2 N–H and O–H groups in total. The minimum Gasteiger partial charge on any atom is -0.480 e. The van der Waals surface area contributed by atoms with Gasteiger partial charge in [0, 0.05) is 0 Å². The first-order valence-electron chi connectivity index (χ1n) is 5.48. The highest BCUT2D eigenvalue weighted by molar-refractivity contribution is 7.89. The van der Waals surface area contributed by atoms with E-state index in [1.54, 1.807) is 6.92 Å². The quantitative estimate of drug-likeness (QED) is 0.842. The predicted molar refractivity (Wildman–Crippen MR) is 68.1 cm³/mol. The summed E-state index contributed by atoms with van der Waals surface area (Å²) in [5, 5.41) is 8.73. The molecule has 1 atom stereocenters. The Morgan fingerprint density at radius 1 is 1.53 bits per heavy atom. The van der Waals surface area contributed by atoms with Crippen LogP contribution in [0.1, 0.15) is 19.8 Å². The summed E-state index contributed by atoms with van der Waals surface area (Å²) >= 11 is 5.69. The van der Waals surface area contributed by atoms with Crippen molar-refractivity contribution in [3.8, 4) is 0 Å². The van der Waals surface area contributed by atoms with Crippen LogP contribution in [-0.2, 0) is 14.8 Å². The molecule has 106 valence electrons. The Morgan fingerprint density at radius 2 is 2.16 bits per heavy atom. The summed E-state index contributed by atoms with van der Waals surface area (Å²) in [6.07, 6.45) is 0.609. The number of carboxylic acids is 1. The number of halogens is 2. The standard InChI is InChI=1S/C11H13ClFNO4S/c1-2-3-9(11(15)16)14-19(17,18)10-6-7(13)4-5-8(10)12/h4-6,9,14H,2-3H2,1H3,(H,15,16)/t9-/m0/s1. The van der Waals surface area contributed by atoms with Crippen LogP contribution in [0.4, 0.5) is 4.39 Å². The molecule has 5 nitrogen and oxygen atoms in total. The van der Waals surface area contributed by atoms with Crippen LogP contribution in [0, 0.1) is 5.82 Å². The zero-order chi connectivity index (χ0) is 14.6. The lowest BCUT2D eigenvalue weighted by Gasteiger charge is -2.14. The van der Waals surface area contributed by atoms with E-state index in [0.29, 0.717) is 6.42 Å². The average Bonchev–Trinajstić information content (AvgIpc) is 2.31. The van der Waals surface area contributed by atoms with Crippen LogP contribution in [-0.4, -0.2) is 25.5 Å². The lowest BCUT2D eigenvalue weighted by molar-refractivity contribution is -0.139. The molecule has 1 rings (SSSR count). The van der Waals surface area contributed by atoms with Crippen LogP contribution in [0.5, 0.6) is 0 Å². The summed E-state index contributed by atoms with van der Waals surface area (Å²) in [6.45, 7) is 1.72. The van der Waals surface area contributed by atoms with Crippen LogP contribution in [0.25, 0.3) is 0 Å². The van der Waals surface area contributed by atoms with Gasteiger partial charge in [0.1, 0.15) is 16.8 Å². The fourth-order valence-electron chi connectivity index (χ4n) is 1.46. The summed E-state index contributed by atoms with van der Waals surface area (Å²) in [4.78, 5) is 10.4. The maximum atomic E-state index is 13.1. The van der Waals surface area contributed by atoms with Gasteiger partial charge in [0.25, 0.3) is 0 Å². The van der Waals surface area contributed by atoms with E-state index in [9.17, 15) is 17.6 Å². The molecule has 1 aromatic carbocycles. The second-order valence-electron chi connectivity index (χ2n) is 3.88. The van der Waals surface area contributed by atoms with Gasteiger partial charge in [0.15, 0.2) is 0 Å². The molecule has 0 aromatic heterocycles. The van der Waals surface area contributed by atoms with Gasteiger partial charge in [-0.3, -0.25) is 4.79 Å². The number of rotatable bonds is 6. The van der Waals surface area contributed by atoms with Gasteiger partial charge in [-0.25, -0.2) is 12.8 Å². The van der Waals surface area contributed by atoms with Gasteiger partial charge in [-0.05, 0) is 24.6 Å². The Bertz CT molecular complexity index is 576. The van der Waals surface area contributed by atoms with Gasteiger partial charge in [-0.15, -0.1) is 0 Å². The molecule has 0 saturated carbocycles. The topological polar surface area (TPSA) is 83.5 Å². The minimum atomic E-state index is -4.18. The smallest absolute Gasteiger partial charge is 0.321 e. The van der Waals surface area contributed by atoms with Gasteiger partial charge in [-0.2, -0.15) is 4.72 Å². The van der Waals surface area contributed by atoms with Crippen molar-refractivity contribution >= 4 is 27.6 Å². The number of hydrogen-bond donors (Lipinski definition) is 2. The van der Waals surface area contributed by atoms with Crippen LogP contribution in [0.15, 0.2) is 23.1 Å². The van der Waals surface area contributed by atoms with E-state index < -0.39 is 32.7 Å². The van der Waals surface area contributed by atoms with Crippen LogP contribution in [0.3, 0.4) is 0 Å². The van der Waals surface area contributed by atoms with Gasteiger partial charge in [-0.1, -0.05) is 24.9 Å². The number of carbonyl (C=O) groups is 1. The molecule has 0 spiro atoms. The molecule has 0 aliphatic rings. The van der Waals surface area contributed by atoms with E-state index in [2.05, 4.69) is 0 Å². The lowest BCUT2D eigenvalue weighted by atomic mass is 10.2. The van der Waals surface area contributed by atoms with Crippen LogP contribution >= 0.6 is 11.6 Å². The third kappa shape index (κ3) is 4.15. The number of benzene rings is 1. The molecule has 8 heteroatoms. The van der Waals surface area contributed by atoms with Crippen molar-refractivity contribution in [1.82, 2.24) is 4.72 Å². The second-order valence-corrected chi connectivity index (χ2v) is 5.97. The highest BCUT2D eigenvalue weighted by Crippen LogP contribution is 2.22.